The van der Waals surface area contributed by atoms with E-state index in [1.165, 1.54) is 0 Å². The number of carboxylic acid groups (broad SMARTS) is 1. The second-order valence-electron chi connectivity index (χ2n) is 2.57. The molecule has 0 unspecified atom stereocenters. The Bertz CT molecular complexity index is 413. The Labute approximate surface area is 98.0 Å². The minimum Gasteiger partial charge on any atom is -0.478 e. The molecule has 5 heteroatoms. The van der Waals surface area contributed by atoms with Gasteiger partial charge in [-0.15, -0.1) is 6.42 Å². The number of hydrogen-bond acceptors (Lipinski definition) is 2. The molecule has 0 radical (unpaired) electrons. The minimum absolute atomic E-state index is 0.291. The largest absolute Gasteiger partial charge is 0.478 e. The van der Waals surface area contributed by atoms with E-state index in [-0.39, 0.29) is 6.61 Å². The molecule has 0 spiro atoms. The zero-order valence-electron chi connectivity index (χ0n) is 9.46. The number of hydrogen-bond donors (Lipinski definition) is 1. The molecule has 0 amide bonds. The molecule has 0 heterocycles. The first-order chi connectivity index (χ1) is 8.06. The summed E-state index contributed by atoms with van der Waals surface area (Å²) in [7, 11) is 0. The number of carbonyl (C=O) groups is 1. The van der Waals surface area contributed by atoms with Crippen molar-refractivity contribution in [3.8, 4) is 18.1 Å². The van der Waals surface area contributed by atoms with Gasteiger partial charge in [0.05, 0.1) is 5.56 Å². The van der Waals surface area contributed by atoms with E-state index in [2.05, 4.69) is 4.74 Å². The minimum atomic E-state index is -1.42. The van der Waals surface area contributed by atoms with Crippen molar-refractivity contribution in [1.82, 2.24) is 0 Å². The molecule has 1 rings (SSSR count). The zero-order valence-corrected chi connectivity index (χ0v) is 9.46. The van der Waals surface area contributed by atoms with Crippen molar-refractivity contribution >= 4 is 5.97 Å². The quantitative estimate of drug-likeness (QED) is 0.829. The predicted octanol–water partition coefficient (Wildman–Crippen LogP) is 2.70. The fourth-order valence-electron chi connectivity index (χ4n) is 0.935. The SMILES string of the molecule is C#CCOc1c(F)cc(C(=O)O)cc1F.CC. The summed E-state index contributed by atoms with van der Waals surface area (Å²) in [6, 6.07) is 1.33. The van der Waals surface area contributed by atoms with Gasteiger partial charge in [0, 0.05) is 0 Å². The summed E-state index contributed by atoms with van der Waals surface area (Å²) >= 11 is 0. The Morgan fingerprint density at radius 1 is 1.41 bits per heavy atom. The van der Waals surface area contributed by atoms with Crippen molar-refractivity contribution in [3.63, 3.8) is 0 Å². The molecule has 0 aliphatic carbocycles. The van der Waals surface area contributed by atoms with Crippen LogP contribution in [0.5, 0.6) is 5.75 Å². The van der Waals surface area contributed by atoms with Gasteiger partial charge in [-0.2, -0.15) is 0 Å². The van der Waals surface area contributed by atoms with Crippen LogP contribution in [0.4, 0.5) is 8.78 Å². The lowest BCUT2D eigenvalue weighted by Crippen LogP contribution is -2.03. The molecule has 0 fully saturated rings. The van der Waals surface area contributed by atoms with E-state index >= 15 is 0 Å². The monoisotopic (exact) mass is 242 g/mol. The second-order valence-corrected chi connectivity index (χ2v) is 2.57. The molecule has 1 aromatic carbocycles. The maximum atomic E-state index is 13.1. The van der Waals surface area contributed by atoms with Gasteiger partial charge in [0.25, 0.3) is 0 Å². The molecule has 17 heavy (non-hydrogen) atoms. The van der Waals surface area contributed by atoms with Crippen LogP contribution in [0.3, 0.4) is 0 Å². The summed E-state index contributed by atoms with van der Waals surface area (Å²) in [4.78, 5) is 10.4. The summed E-state index contributed by atoms with van der Waals surface area (Å²) in [6.07, 6.45) is 4.84. The molecule has 1 aromatic rings. The Morgan fingerprint density at radius 3 is 2.24 bits per heavy atom. The topological polar surface area (TPSA) is 46.5 Å². The van der Waals surface area contributed by atoms with Crippen molar-refractivity contribution < 1.29 is 23.4 Å². The van der Waals surface area contributed by atoms with Gasteiger partial charge in [-0.05, 0) is 12.1 Å². The summed E-state index contributed by atoms with van der Waals surface area (Å²) in [6.45, 7) is 3.71. The number of aromatic carboxylic acids is 1. The normalized spacial score (nSPS) is 8.65. The first-order valence-corrected chi connectivity index (χ1v) is 4.85. The van der Waals surface area contributed by atoms with Gasteiger partial charge in [-0.3, -0.25) is 0 Å². The molecular weight excluding hydrogens is 230 g/mol. The van der Waals surface area contributed by atoms with E-state index in [1.54, 1.807) is 0 Å². The van der Waals surface area contributed by atoms with E-state index in [9.17, 15) is 13.6 Å². The molecule has 0 atom stereocenters. The van der Waals surface area contributed by atoms with E-state index in [1.807, 2.05) is 19.8 Å². The fourth-order valence-corrected chi connectivity index (χ4v) is 0.935. The highest BCUT2D eigenvalue weighted by molar-refractivity contribution is 5.87. The van der Waals surface area contributed by atoms with Crippen molar-refractivity contribution in [2.45, 2.75) is 13.8 Å². The molecule has 0 saturated heterocycles. The molecule has 0 aliphatic heterocycles. The standard InChI is InChI=1S/C10H6F2O3.C2H6/c1-2-3-15-9-7(11)4-6(10(13)14)5-8(9)12;1-2/h1,4-5H,3H2,(H,13,14);1-2H3. The van der Waals surface area contributed by atoms with Crippen molar-refractivity contribution in [1.29, 1.82) is 0 Å². The predicted molar refractivity (Wildman–Crippen MR) is 59.0 cm³/mol. The van der Waals surface area contributed by atoms with Crippen LogP contribution in [0.2, 0.25) is 0 Å². The van der Waals surface area contributed by atoms with Crippen LogP contribution >= 0.6 is 0 Å². The first-order valence-electron chi connectivity index (χ1n) is 4.85. The average molecular weight is 242 g/mol. The van der Waals surface area contributed by atoms with Crippen molar-refractivity contribution in [2.24, 2.45) is 0 Å². The zero-order chi connectivity index (χ0) is 13.4. The Morgan fingerprint density at radius 2 is 1.88 bits per heavy atom. The second kappa shape index (κ2) is 7.23. The third-order valence-corrected chi connectivity index (χ3v) is 1.55. The number of terminal acetylenes is 1. The number of carboxylic acids is 1. The smallest absolute Gasteiger partial charge is 0.335 e. The molecule has 1 N–H and O–H groups in total. The number of rotatable bonds is 3. The molecule has 0 aromatic heterocycles. The van der Waals surface area contributed by atoms with Gasteiger partial charge in [0.15, 0.2) is 17.4 Å². The Hall–Kier alpha value is -2.09. The number of halogens is 2. The number of benzene rings is 1. The van der Waals surface area contributed by atoms with E-state index < -0.39 is 28.9 Å². The van der Waals surface area contributed by atoms with E-state index in [0.717, 1.165) is 0 Å². The highest BCUT2D eigenvalue weighted by Gasteiger charge is 2.15. The van der Waals surface area contributed by atoms with Crippen LogP contribution in [0, 0.1) is 24.0 Å². The lowest BCUT2D eigenvalue weighted by Gasteiger charge is -2.05. The highest BCUT2D eigenvalue weighted by Crippen LogP contribution is 2.23. The van der Waals surface area contributed by atoms with Gasteiger partial charge in [0.1, 0.15) is 6.61 Å². The van der Waals surface area contributed by atoms with Crippen LogP contribution in [0.25, 0.3) is 0 Å². The van der Waals surface area contributed by atoms with Gasteiger partial charge in [-0.25, -0.2) is 13.6 Å². The Balaban J connectivity index is 0.00000121. The van der Waals surface area contributed by atoms with Crippen LogP contribution < -0.4 is 4.74 Å². The van der Waals surface area contributed by atoms with Crippen LogP contribution in [0.1, 0.15) is 24.2 Å². The molecule has 3 nitrogen and oxygen atoms in total. The molecule has 0 aliphatic rings. The van der Waals surface area contributed by atoms with Gasteiger partial charge in [-0.1, -0.05) is 19.8 Å². The molecule has 0 saturated carbocycles. The maximum absolute atomic E-state index is 13.1. The summed E-state index contributed by atoms with van der Waals surface area (Å²) in [5, 5.41) is 8.49. The fraction of sp³-hybridized carbons (Fsp3) is 0.250. The van der Waals surface area contributed by atoms with Crippen LogP contribution in [-0.4, -0.2) is 17.7 Å². The first kappa shape index (κ1) is 14.9. The van der Waals surface area contributed by atoms with Crippen molar-refractivity contribution in [2.75, 3.05) is 6.61 Å². The van der Waals surface area contributed by atoms with E-state index in [0.29, 0.717) is 12.1 Å². The lowest BCUT2D eigenvalue weighted by atomic mass is 10.2. The van der Waals surface area contributed by atoms with Crippen LogP contribution in [-0.2, 0) is 0 Å². The van der Waals surface area contributed by atoms with Gasteiger partial charge in [0.2, 0.25) is 0 Å². The lowest BCUT2D eigenvalue weighted by molar-refractivity contribution is 0.0695. The maximum Gasteiger partial charge on any atom is 0.335 e. The van der Waals surface area contributed by atoms with Crippen molar-refractivity contribution in [3.05, 3.63) is 29.3 Å². The summed E-state index contributed by atoms with van der Waals surface area (Å²) < 4.78 is 30.8. The van der Waals surface area contributed by atoms with Gasteiger partial charge < -0.3 is 9.84 Å². The molecule has 92 valence electrons. The summed E-state index contributed by atoms with van der Waals surface area (Å²) in [5.74, 6) is -2.24. The highest BCUT2D eigenvalue weighted by atomic mass is 19.1. The van der Waals surface area contributed by atoms with Crippen LogP contribution in [0.15, 0.2) is 12.1 Å². The summed E-state index contributed by atoms with van der Waals surface area (Å²) in [5.41, 5.74) is -0.488. The number of ether oxygens (including phenoxy) is 1. The Kier molecular flexibility index (Phi) is 6.34. The third kappa shape index (κ3) is 4.11. The molecular formula is C12H12F2O3. The molecule has 0 bridgehead atoms. The third-order valence-electron chi connectivity index (χ3n) is 1.55. The van der Waals surface area contributed by atoms with E-state index in [4.69, 9.17) is 11.5 Å². The van der Waals surface area contributed by atoms with Gasteiger partial charge >= 0.3 is 5.97 Å². The average Bonchev–Trinajstić information content (AvgIpc) is 2.30.